The number of carbonyl (C=O) groups is 4. The molecule has 1 aliphatic rings. The molecule has 1 fully saturated rings. The number of amides is 4. The maximum atomic E-state index is 13.3. The van der Waals surface area contributed by atoms with Crippen molar-refractivity contribution >= 4 is 35.2 Å². The summed E-state index contributed by atoms with van der Waals surface area (Å²) in [7, 11) is 0. The van der Waals surface area contributed by atoms with Crippen LogP contribution in [0.15, 0.2) is 48.5 Å². The van der Waals surface area contributed by atoms with Crippen LogP contribution in [0.2, 0.25) is 0 Å². The second kappa shape index (κ2) is 9.59. The first-order valence-corrected chi connectivity index (χ1v) is 10.2. The number of esters is 1. The van der Waals surface area contributed by atoms with Crippen LogP contribution in [0.4, 0.5) is 20.6 Å². The molecular weight excluding hydrogens is 417 g/mol. The summed E-state index contributed by atoms with van der Waals surface area (Å²) in [6.07, 6.45) is -0.274. The third-order valence-electron chi connectivity index (χ3n) is 4.93. The van der Waals surface area contributed by atoms with Crippen LogP contribution in [0.1, 0.15) is 37.6 Å². The lowest BCUT2D eigenvalue weighted by Gasteiger charge is -2.25. The number of urea groups is 1. The van der Waals surface area contributed by atoms with E-state index in [9.17, 15) is 23.6 Å². The van der Waals surface area contributed by atoms with Crippen molar-refractivity contribution in [3.63, 3.8) is 0 Å². The monoisotopic (exact) mass is 441 g/mol. The van der Waals surface area contributed by atoms with E-state index >= 15 is 0 Å². The Balaban J connectivity index is 1.77. The lowest BCUT2D eigenvalue weighted by atomic mass is 10.1. The number of hydrogen-bond donors (Lipinski definition) is 1. The smallest absolute Gasteiger partial charge is 0.338 e. The second-order valence-electron chi connectivity index (χ2n) is 7.50. The summed E-state index contributed by atoms with van der Waals surface area (Å²) < 4.78 is 18.2. The maximum absolute atomic E-state index is 13.3. The second-order valence-corrected chi connectivity index (χ2v) is 7.50. The first kappa shape index (κ1) is 22.9. The lowest BCUT2D eigenvalue weighted by Crippen LogP contribution is -2.42. The van der Waals surface area contributed by atoms with E-state index in [4.69, 9.17) is 4.74 Å². The standard InChI is InChI=1S/C23H24FN3O5/c1-4-32-22(30)15-6-5-7-17(12-15)25-20(28)13-19-21(29)27(23(31)26(19)14(2)3)18-10-8-16(24)9-11-18/h5-12,14,19H,4,13H2,1-3H3,(H,25,28)/t19-/m0/s1. The Kier molecular flexibility index (Phi) is 6.87. The van der Waals surface area contributed by atoms with Gasteiger partial charge in [-0.1, -0.05) is 6.07 Å². The van der Waals surface area contributed by atoms with Gasteiger partial charge in [-0.15, -0.1) is 0 Å². The summed E-state index contributed by atoms with van der Waals surface area (Å²) in [5, 5.41) is 2.66. The van der Waals surface area contributed by atoms with Gasteiger partial charge in [0, 0.05) is 11.7 Å². The highest BCUT2D eigenvalue weighted by Crippen LogP contribution is 2.29. The van der Waals surface area contributed by atoms with Crippen LogP contribution in [0, 0.1) is 5.82 Å². The highest BCUT2D eigenvalue weighted by molar-refractivity contribution is 6.22. The molecule has 0 aromatic heterocycles. The number of nitrogens with one attached hydrogen (secondary N) is 1. The van der Waals surface area contributed by atoms with Crippen LogP contribution in [-0.4, -0.2) is 47.4 Å². The zero-order chi connectivity index (χ0) is 23.4. The molecule has 0 unspecified atom stereocenters. The summed E-state index contributed by atoms with van der Waals surface area (Å²) in [4.78, 5) is 52.9. The third-order valence-corrected chi connectivity index (χ3v) is 4.93. The minimum atomic E-state index is -1.01. The zero-order valence-electron chi connectivity index (χ0n) is 18.0. The number of carbonyl (C=O) groups excluding carboxylic acids is 4. The van der Waals surface area contributed by atoms with Crippen molar-refractivity contribution in [3.8, 4) is 0 Å². The topological polar surface area (TPSA) is 96.0 Å². The normalized spacial score (nSPS) is 16.0. The molecule has 9 heteroatoms. The molecule has 1 saturated heterocycles. The van der Waals surface area contributed by atoms with Gasteiger partial charge in [0.25, 0.3) is 5.91 Å². The fraction of sp³-hybridized carbons (Fsp3) is 0.304. The molecule has 3 rings (SSSR count). The van der Waals surface area contributed by atoms with Crippen LogP contribution < -0.4 is 10.2 Å². The molecule has 0 aliphatic carbocycles. The predicted molar refractivity (Wildman–Crippen MR) is 116 cm³/mol. The van der Waals surface area contributed by atoms with Crippen molar-refractivity contribution in [1.29, 1.82) is 0 Å². The summed E-state index contributed by atoms with van der Waals surface area (Å²) in [6.45, 7) is 5.40. The SMILES string of the molecule is CCOC(=O)c1cccc(NC(=O)C[C@H]2C(=O)N(c3ccc(F)cc3)C(=O)N2C(C)C)c1. The number of anilines is 2. The van der Waals surface area contributed by atoms with Crippen LogP contribution in [0.25, 0.3) is 0 Å². The van der Waals surface area contributed by atoms with Crippen LogP contribution in [0.3, 0.4) is 0 Å². The Morgan fingerprint density at radius 3 is 2.44 bits per heavy atom. The predicted octanol–water partition coefficient (Wildman–Crippen LogP) is 3.58. The number of rotatable bonds is 7. The summed E-state index contributed by atoms with van der Waals surface area (Å²) >= 11 is 0. The minimum absolute atomic E-state index is 0.225. The Bertz CT molecular complexity index is 1040. The molecule has 2 aromatic rings. The average molecular weight is 441 g/mol. The van der Waals surface area contributed by atoms with Crippen molar-refractivity contribution in [2.75, 3.05) is 16.8 Å². The first-order valence-electron chi connectivity index (χ1n) is 10.2. The number of nitrogens with zero attached hydrogens (tertiary/aromatic N) is 2. The molecule has 168 valence electrons. The Labute approximate surface area is 184 Å². The van der Waals surface area contributed by atoms with E-state index < -0.39 is 35.7 Å². The Morgan fingerprint density at radius 2 is 1.81 bits per heavy atom. The first-order chi connectivity index (χ1) is 15.2. The molecule has 0 spiro atoms. The van der Waals surface area contributed by atoms with Gasteiger partial charge < -0.3 is 15.0 Å². The largest absolute Gasteiger partial charge is 0.462 e. The fourth-order valence-corrected chi connectivity index (χ4v) is 3.53. The van der Waals surface area contributed by atoms with Gasteiger partial charge in [0.2, 0.25) is 5.91 Å². The Morgan fingerprint density at radius 1 is 1.12 bits per heavy atom. The Hall–Kier alpha value is -3.75. The molecule has 32 heavy (non-hydrogen) atoms. The highest BCUT2D eigenvalue weighted by Gasteiger charge is 2.47. The molecule has 4 amide bonds. The molecule has 1 heterocycles. The van der Waals surface area contributed by atoms with Gasteiger partial charge in [-0.05, 0) is 63.2 Å². The van der Waals surface area contributed by atoms with Crippen molar-refractivity contribution in [2.24, 2.45) is 0 Å². The van der Waals surface area contributed by atoms with Gasteiger partial charge in [0.1, 0.15) is 11.9 Å². The maximum Gasteiger partial charge on any atom is 0.338 e. The van der Waals surface area contributed by atoms with Crippen molar-refractivity contribution in [2.45, 2.75) is 39.3 Å². The molecule has 0 bridgehead atoms. The van der Waals surface area contributed by atoms with Crippen molar-refractivity contribution < 1.29 is 28.3 Å². The van der Waals surface area contributed by atoms with E-state index in [1.165, 1.54) is 23.1 Å². The van der Waals surface area contributed by atoms with E-state index in [0.717, 1.165) is 17.0 Å². The fourth-order valence-electron chi connectivity index (χ4n) is 3.53. The van der Waals surface area contributed by atoms with Gasteiger partial charge in [0.05, 0.1) is 24.3 Å². The van der Waals surface area contributed by atoms with E-state index in [1.807, 2.05) is 0 Å². The number of halogens is 1. The molecular formula is C23H24FN3O5. The van der Waals surface area contributed by atoms with Gasteiger partial charge in [-0.25, -0.2) is 18.9 Å². The number of benzene rings is 2. The summed E-state index contributed by atoms with van der Waals surface area (Å²) in [5.74, 6) is -2.06. The summed E-state index contributed by atoms with van der Waals surface area (Å²) in [6, 6.07) is 9.31. The molecule has 8 nitrogen and oxygen atoms in total. The van der Waals surface area contributed by atoms with Crippen LogP contribution >= 0.6 is 0 Å². The average Bonchev–Trinajstić information content (AvgIpc) is 2.98. The van der Waals surface area contributed by atoms with E-state index in [-0.39, 0.29) is 30.3 Å². The van der Waals surface area contributed by atoms with Gasteiger partial charge in [0.15, 0.2) is 0 Å². The highest BCUT2D eigenvalue weighted by atomic mass is 19.1. The molecule has 0 radical (unpaired) electrons. The number of ether oxygens (including phenoxy) is 1. The molecule has 1 aliphatic heterocycles. The van der Waals surface area contributed by atoms with Crippen molar-refractivity contribution in [1.82, 2.24) is 4.90 Å². The molecule has 0 saturated carbocycles. The molecule has 2 aromatic carbocycles. The lowest BCUT2D eigenvalue weighted by molar-refractivity contribution is -0.124. The van der Waals surface area contributed by atoms with Crippen LogP contribution in [0.5, 0.6) is 0 Å². The van der Waals surface area contributed by atoms with Crippen molar-refractivity contribution in [3.05, 3.63) is 59.9 Å². The number of hydrogen-bond acceptors (Lipinski definition) is 5. The van der Waals surface area contributed by atoms with E-state index in [1.54, 1.807) is 39.0 Å². The third kappa shape index (κ3) is 4.77. The van der Waals surface area contributed by atoms with Gasteiger partial charge in [-0.3, -0.25) is 9.59 Å². The molecule has 1 atom stereocenters. The van der Waals surface area contributed by atoms with E-state index in [2.05, 4.69) is 5.32 Å². The van der Waals surface area contributed by atoms with E-state index in [0.29, 0.717) is 5.69 Å². The minimum Gasteiger partial charge on any atom is -0.462 e. The molecule has 1 N–H and O–H groups in total. The van der Waals surface area contributed by atoms with Crippen LogP contribution in [-0.2, 0) is 14.3 Å². The zero-order valence-corrected chi connectivity index (χ0v) is 18.0. The quantitative estimate of drug-likeness (QED) is 0.523. The number of imide groups is 1. The van der Waals surface area contributed by atoms with Gasteiger partial charge >= 0.3 is 12.0 Å². The summed E-state index contributed by atoms with van der Waals surface area (Å²) in [5.41, 5.74) is 0.879. The van der Waals surface area contributed by atoms with Gasteiger partial charge in [-0.2, -0.15) is 0 Å².